The van der Waals surface area contributed by atoms with Crippen LogP contribution in [0.4, 0.5) is 4.39 Å². The van der Waals surface area contributed by atoms with Gasteiger partial charge in [-0.25, -0.2) is 4.39 Å². The fraction of sp³-hybridized carbons (Fsp3) is 0.143. The molecular formula is C14H16ClFN2. The van der Waals surface area contributed by atoms with Gasteiger partial charge in [-0.05, 0) is 35.4 Å². The summed E-state index contributed by atoms with van der Waals surface area (Å²) in [5, 5.41) is 0.757. The molecule has 2 nitrogen and oxygen atoms in total. The van der Waals surface area contributed by atoms with Crippen molar-refractivity contribution in [3.05, 3.63) is 70.5 Å². The van der Waals surface area contributed by atoms with E-state index in [1.807, 2.05) is 24.3 Å². The van der Waals surface area contributed by atoms with E-state index in [9.17, 15) is 4.39 Å². The summed E-state index contributed by atoms with van der Waals surface area (Å²) in [5.74, 6) is -0.216. The Morgan fingerprint density at radius 2 is 1.17 bits per heavy atom. The molecule has 0 spiro atoms. The topological polar surface area (TPSA) is 52.0 Å². The SMILES string of the molecule is NCc1ccc(Cl)cc1.NCc1ccc(F)cc1. The molecule has 0 amide bonds. The molecule has 2 aromatic carbocycles. The zero-order valence-corrected chi connectivity index (χ0v) is 10.7. The summed E-state index contributed by atoms with van der Waals surface area (Å²) in [6, 6.07) is 13.7. The first kappa shape index (κ1) is 14.6. The van der Waals surface area contributed by atoms with Crippen molar-refractivity contribution in [1.29, 1.82) is 0 Å². The lowest BCUT2D eigenvalue weighted by Crippen LogP contribution is -1.94. The molecule has 4 heteroatoms. The van der Waals surface area contributed by atoms with Crippen LogP contribution < -0.4 is 11.5 Å². The molecule has 0 bridgehead atoms. The molecular weight excluding hydrogens is 251 g/mol. The van der Waals surface area contributed by atoms with Crippen LogP contribution in [0.3, 0.4) is 0 Å². The normalized spacial score (nSPS) is 9.56. The lowest BCUT2D eigenvalue weighted by atomic mass is 10.2. The molecule has 0 saturated heterocycles. The monoisotopic (exact) mass is 266 g/mol. The standard InChI is InChI=1S/C7H8ClN.C7H8FN/c2*8-7-3-1-6(5-9)2-4-7/h2*1-4H,5,9H2. The van der Waals surface area contributed by atoms with Gasteiger partial charge in [0.15, 0.2) is 0 Å². The Balaban J connectivity index is 0.000000180. The molecule has 0 unspecified atom stereocenters. The fourth-order valence-electron chi connectivity index (χ4n) is 1.24. The minimum Gasteiger partial charge on any atom is -0.326 e. The van der Waals surface area contributed by atoms with Gasteiger partial charge < -0.3 is 11.5 Å². The first-order valence-corrected chi connectivity index (χ1v) is 5.92. The van der Waals surface area contributed by atoms with Gasteiger partial charge in [0.2, 0.25) is 0 Å². The van der Waals surface area contributed by atoms with E-state index in [4.69, 9.17) is 23.1 Å². The highest BCUT2D eigenvalue weighted by Gasteiger charge is 1.88. The Labute approximate surface area is 111 Å². The zero-order valence-electron chi connectivity index (χ0n) is 9.94. The maximum absolute atomic E-state index is 12.2. The van der Waals surface area contributed by atoms with Gasteiger partial charge in [-0.15, -0.1) is 0 Å². The molecule has 0 fully saturated rings. The Hall–Kier alpha value is -1.42. The van der Waals surface area contributed by atoms with E-state index in [1.54, 1.807) is 12.1 Å². The van der Waals surface area contributed by atoms with E-state index in [0.29, 0.717) is 13.1 Å². The molecule has 0 aromatic heterocycles. The summed E-state index contributed by atoms with van der Waals surface area (Å²) >= 11 is 5.63. The van der Waals surface area contributed by atoms with Gasteiger partial charge >= 0.3 is 0 Å². The van der Waals surface area contributed by atoms with Crippen molar-refractivity contribution in [1.82, 2.24) is 0 Å². The Bertz CT molecular complexity index is 409. The quantitative estimate of drug-likeness (QED) is 0.878. The van der Waals surface area contributed by atoms with Crippen LogP contribution in [-0.2, 0) is 13.1 Å². The fourth-order valence-corrected chi connectivity index (χ4v) is 1.37. The van der Waals surface area contributed by atoms with Crippen molar-refractivity contribution in [3.8, 4) is 0 Å². The second-order valence-corrected chi connectivity index (χ2v) is 4.10. The van der Waals surface area contributed by atoms with Gasteiger partial charge in [0.1, 0.15) is 5.82 Å². The lowest BCUT2D eigenvalue weighted by molar-refractivity contribution is 0.627. The van der Waals surface area contributed by atoms with Crippen molar-refractivity contribution in [2.45, 2.75) is 13.1 Å². The number of hydrogen-bond acceptors (Lipinski definition) is 2. The molecule has 18 heavy (non-hydrogen) atoms. The van der Waals surface area contributed by atoms with Gasteiger partial charge in [0, 0.05) is 18.1 Å². The minimum atomic E-state index is -0.216. The van der Waals surface area contributed by atoms with E-state index in [-0.39, 0.29) is 5.82 Å². The summed E-state index contributed by atoms with van der Waals surface area (Å²) in [6.45, 7) is 1.05. The van der Waals surface area contributed by atoms with Crippen molar-refractivity contribution >= 4 is 11.6 Å². The van der Waals surface area contributed by atoms with Gasteiger partial charge in [0.05, 0.1) is 0 Å². The highest BCUT2D eigenvalue weighted by molar-refractivity contribution is 6.30. The maximum Gasteiger partial charge on any atom is 0.123 e. The molecule has 0 saturated carbocycles. The second kappa shape index (κ2) is 7.82. The van der Waals surface area contributed by atoms with Crippen molar-refractivity contribution < 1.29 is 4.39 Å². The average Bonchev–Trinajstić information content (AvgIpc) is 2.41. The lowest BCUT2D eigenvalue weighted by Gasteiger charge is -1.93. The molecule has 96 valence electrons. The maximum atomic E-state index is 12.2. The Morgan fingerprint density at radius 3 is 1.56 bits per heavy atom. The molecule has 0 aliphatic rings. The van der Waals surface area contributed by atoms with E-state index in [0.717, 1.165) is 16.1 Å². The number of nitrogens with two attached hydrogens (primary N) is 2. The van der Waals surface area contributed by atoms with Crippen molar-refractivity contribution in [2.24, 2.45) is 11.5 Å². The third kappa shape index (κ3) is 5.27. The van der Waals surface area contributed by atoms with Crippen molar-refractivity contribution in [2.75, 3.05) is 0 Å². The third-order valence-electron chi connectivity index (χ3n) is 2.30. The van der Waals surface area contributed by atoms with Crippen LogP contribution in [0.25, 0.3) is 0 Å². The third-order valence-corrected chi connectivity index (χ3v) is 2.55. The summed E-state index contributed by atoms with van der Waals surface area (Å²) in [7, 11) is 0. The molecule has 0 radical (unpaired) electrons. The first-order chi connectivity index (χ1) is 8.65. The molecule has 2 aromatic rings. The van der Waals surface area contributed by atoms with Crippen LogP contribution in [0, 0.1) is 5.82 Å². The summed E-state index contributed by atoms with van der Waals surface area (Å²) in [6.07, 6.45) is 0. The predicted molar refractivity (Wildman–Crippen MR) is 73.6 cm³/mol. The van der Waals surface area contributed by atoms with E-state index >= 15 is 0 Å². The minimum absolute atomic E-state index is 0.216. The highest BCUT2D eigenvalue weighted by atomic mass is 35.5. The number of rotatable bonds is 2. The van der Waals surface area contributed by atoms with Gasteiger partial charge in [-0.2, -0.15) is 0 Å². The van der Waals surface area contributed by atoms with Crippen LogP contribution in [0.15, 0.2) is 48.5 Å². The summed E-state index contributed by atoms with van der Waals surface area (Å²) < 4.78 is 12.2. The molecule has 0 atom stereocenters. The second-order valence-electron chi connectivity index (χ2n) is 3.66. The smallest absolute Gasteiger partial charge is 0.123 e. The predicted octanol–water partition coefficient (Wildman–Crippen LogP) is 3.08. The van der Waals surface area contributed by atoms with Gasteiger partial charge in [0.25, 0.3) is 0 Å². The van der Waals surface area contributed by atoms with E-state index < -0.39 is 0 Å². The largest absolute Gasteiger partial charge is 0.326 e. The Morgan fingerprint density at radius 1 is 0.778 bits per heavy atom. The molecule has 4 N–H and O–H groups in total. The van der Waals surface area contributed by atoms with Crippen LogP contribution in [-0.4, -0.2) is 0 Å². The highest BCUT2D eigenvalue weighted by Crippen LogP contribution is 2.08. The first-order valence-electron chi connectivity index (χ1n) is 5.54. The van der Waals surface area contributed by atoms with Crippen LogP contribution in [0.5, 0.6) is 0 Å². The van der Waals surface area contributed by atoms with Crippen LogP contribution >= 0.6 is 11.6 Å². The number of halogens is 2. The Kier molecular flexibility index (Phi) is 6.36. The summed E-state index contributed by atoms with van der Waals surface area (Å²) in [4.78, 5) is 0. The molecule has 2 rings (SSSR count). The average molecular weight is 267 g/mol. The van der Waals surface area contributed by atoms with Crippen LogP contribution in [0.2, 0.25) is 5.02 Å². The number of hydrogen-bond donors (Lipinski definition) is 2. The van der Waals surface area contributed by atoms with Gasteiger partial charge in [-0.1, -0.05) is 35.9 Å². The van der Waals surface area contributed by atoms with E-state index in [1.165, 1.54) is 12.1 Å². The van der Waals surface area contributed by atoms with Crippen LogP contribution in [0.1, 0.15) is 11.1 Å². The molecule has 0 aliphatic carbocycles. The van der Waals surface area contributed by atoms with Crippen molar-refractivity contribution in [3.63, 3.8) is 0 Å². The summed E-state index contributed by atoms with van der Waals surface area (Å²) in [5.41, 5.74) is 12.7. The zero-order chi connectivity index (χ0) is 13.4. The van der Waals surface area contributed by atoms with E-state index in [2.05, 4.69) is 0 Å². The number of benzene rings is 2. The van der Waals surface area contributed by atoms with Gasteiger partial charge in [-0.3, -0.25) is 0 Å². The molecule has 0 heterocycles. The molecule has 0 aliphatic heterocycles.